The zero-order chi connectivity index (χ0) is 12.1. The SMILES string of the molecule is C[n+]1[nH]oc(=O)c1CNCCN1CCOCC1. The molecule has 96 valence electrons. The van der Waals surface area contributed by atoms with E-state index in [0.29, 0.717) is 12.2 Å². The molecule has 0 aromatic carbocycles. The Hall–Kier alpha value is -1.18. The first-order valence-corrected chi connectivity index (χ1v) is 5.84. The summed E-state index contributed by atoms with van der Waals surface area (Å²) in [7, 11) is 1.75. The van der Waals surface area contributed by atoms with Gasteiger partial charge in [0, 0.05) is 26.2 Å². The van der Waals surface area contributed by atoms with Gasteiger partial charge in [-0.3, -0.25) is 9.42 Å². The number of aryl methyl sites for hydroxylation is 1. The van der Waals surface area contributed by atoms with Crippen molar-refractivity contribution in [1.29, 1.82) is 0 Å². The quantitative estimate of drug-likeness (QED) is 0.472. The van der Waals surface area contributed by atoms with E-state index in [-0.39, 0.29) is 5.63 Å². The summed E-state index contributed by atoms with van der Waals surface area (Å²) in [5, 5.41) is 5.72. The molecule has 17 heavy (non-hydrogen) atoms. The summed E-state index contributed by atoms with van der Waals surface area (Å²) in [5.74, 6) is 0. The molecular formula is C10H19N4O3+. The zero-order valence-electron chi connectivity index (χ0n) is 10.1. The Morgan fingerprint density at radius 1 is 1.47 bits per heavy atom. The van der Waals surface area contributed by atoms with Crippen LogP contribution >= 0.6 is 0 Å². The average molecular weight is 243 g/mol. The van der Waals surface area contributed by atoms with Crippen LogP contribution in [0, 0.1) is 0 Å². The number of nitrogens with zero attached hydrogens (tertiary/aromatic N) is 2. The maximum Gasteiger partial charge on any atom is 0.431 e. The van der Waals surface area contributed by atoms with Crippen LogP contribution in [0.1, 0.15) is 5.69 Å². The molecule has 0 unspecified atom stereocenters. The molecule has 0 spiro atoms. The summed E-state index contributed by atoms with van der Waals surface area (Å²) in [6.07, 6.45) is 0. The Morgan fingerprint density at radius 2 is 2.24 bits per heavy atom. The molecule has 1 aliphatic heterocycles. The van der Waals surface area contributed by atoms with Gasteiger partial charge in [-0.25, -0.2) is 4.79 Å². The number of hydrogen-bond acceptors (Lipinski definition) is 5. The molecule has 0 amide bonds. The van der Waals surface area contributed by atoms with Gasteiger partial charge in [-0.15, -0.1) is 0 Å². The van der Waals surface area contributed by atoms with E-state index in [1.165, 1.54) is 0 Å². The normalized spacial score (nSPS) is 17.5. The monoisotopic (exact) mass is 243 g/mol. The molecule has 0 saturated carbocycles. The lowest BCUT2D eigenvalue weighted by Crippen LogP contribution is -2.42. The fourth-order valence-corrected chi connectivity index (χ4v) is 1.82. The maximum absolute atomic E-state index is 11.3. The summed E-state index contributed by atoms with van der Waals surface area (Å²) in [4.78, 5) is 13.6. The van der Waals surface area contributed by atoms with Crippen molar-refractivity contribution in [3.05, 3.63) is 16.1 Å². The van der Waals surface area contributed by atoms with Crippen LogP contribution in [0.4, 0.5) is 0 Å². The van der Waals surface area contributed by atoms with E-state index in [2.05, 4.69) is 20.0 Å². The fraction of sp³-hybridized carbons (Fsp3) is 0.800. The van der Waals surface area contributed by atoms with Crippen LogP contribution in [0.5, 0.6) is 0 Å². The number of morpholine rings is 1. The Kier molecular flexibility index (Phi) is 4.29. The molecule has 1 fully saturated rings. The van der Waals surface area contributed by atoms with Crippen LogP contribution in [-0.2, 0) is 18.3 Å². The van der Waals surface area contributed by atoms with Gasteiger partial charge in [-0.1, -0.05) is 4.68 Å². The lowest BCUT2D eigenvalue weighted by molar-refractivity contribution is -0.746. The highest BCUT2D eigenvalue weighted by atomic mass is 16.5. The number of hydrogen-bond donors (Lipinski definition) is 2. The smallest absolute Gasteiger partial charge is 0.379 e. The number of rotatable bonds is 5. The van der Waals surface area contributed by atoms with Crippen molar-refractivity contribution in [1.82, 2.24) is 15.5 Å². The van der Waals surface area contributed by atoms with E-state index in [1.807, 2.05) is 0 Å². The van der Waals surface area contributed by atoms with Crippen molar-refractivity contribution in [3.63, 3.8) is 0 Å². The predicted molar refractivity (Wildman–Crippen MR) is 59.5 cm³/mol. The Morgan fingerprint density at radius 3 is 2.88 bits per heavy atom. The molecular weight excluding hydrogens is 224 g/mol. The molecule has 2 rings (SSSR count). The minimum Gasteiger partial charge on any atom is -0.379 e. The summed E-state index contributed by atoms with van der Waals surface area (Å²) >= 11 is 0. The number of ether oxygens (including phenoxy) is 1. The number of aromatic amines is 1. The van der Waals surface area contributed by atoms with Crippen molar-refractivity contribution >= 4 is 0 Å². The first-order chi connectivity index (χ1) is 8.27. The van der Waals surface area contributed by atoms with Gasteiger partial charge in [-0.05, 0) is 5.27 Å². The average Bonchev–Trinajstić information content (AvgIpc) is 2.67. The van der Waals surface area contributed by atoms with E-state index in [4.69, 9.17) is 4.74 Å². The highest BCUT2D eigenvalue weighted by Crippen LogP contribution is 1.94. The Balaban J connectivity index is 1.67. The third kappa shape index (κ3) is 3.39. The van der Waals surface area contributed by atoms with E-state index in [9.17, 15) is 4.79 Å². The van der Waals surface area contributed by atoms with Gasteiger partial charge in [0.25, 0.3) is 0 Å². The van der Waals surface area contributed by atoms with Crippen LogP contribution in [0.15, 0.2) is 9.32 Å². The molecule has 0 radical (unpaired) electrons. The van der Waals surface area contributed by atoms with Gasteiger partial charge < -0.3 is 10.1 Å². The van der Waals surface area contributed by atoms with Crippen LogP contribution in [0.3, 0.4) is 0 Å². The zero-order valence-corrected chi connectivity index (χ0v) is 10.1. The van der Waals surface area contributed by atoms with Gasteiger partial charge in [0.2, 0.25) is 0 Å². The second-order valence-corrected chi connectivity index (χ2v) is 4.12. The first kappa shape index (κ1) is 12.3. The minimum atomic E-state index is -0.314. The molecule has 1 aromatic rings. The number of nitrogens with one attached hydrogen (secondary N) is 2. The lowest BCUT2D eigenvalue weighted by atomic mass is 10.4. The molecule has 7 heteroatoms. The largest absolute Gasteiger partial charge is 0.431 e. The third-order valence-electron chi connectivity index (χ3n) is 2.92. The highest BCUT2D eigenvalue weighted by Gasteiger charge is 2.16. The summed E-state index contributed by atoms with van der Waals surface area (Å²) < 4.78 is 11.5. The molecule has 1 saturated heterocycles. The van der Waals surface area contributed by atoms with Crippen LogP contribution in [-0.4, -0.2) is 49.6 Å². The molecule has 2 heterocycles. The minimum absolute atomic E-state index is 0.314. The highest BCUT2D eigenvalue weighted by molar-refractivity contribution is 4.81. The molecule has 0 bridgehead atoms. The van der Waals surface area contributed by atoms with Crippen molar-refractivity contribution < 1.29 is 13.9 Å². The summed E-state index contributed by atoms with van der Waals surface area (Å²) in [6, 6.07) is 0. The maximum atomic E-state index is 11.3. The van der Waals surface area contributed by atoms with Gasteiger partial charge in [0.05, 0.1) is 19.8 Å². The van der Waals surface area contributed by atoms with Crippen molar-refractivity contribution in [2.75, 3.05) is 39.4 Å². The molecule has 7 nitrogen and oxygen atoms in total. The fourth-order valence-electron chi connectivity index (χ4n) is 1.82. The second kappa shape index (κ2) is 5.95. The van der Waals surface area contributed by atoms with Gasteiger partial charge >= 0.3 is 11.3 Å². The van der Waals surface area contributed by atoms with E-state index >= 15 is 0 Å². The third-order valence-corrected chi connectivity index (χ3v) is 2.92. The second-order valence-electron chi connectivity index (χ2n) is 4.12. The molecule has 1 aliphatic rings. The predicted octanol–water partition coefficient (Wildman–Crippen LogP) is -1.79. The number of H-pyrrole nitrogens is 1. The topological polar surface area (TPSA) is 74.4 Å². The van der Waals surface area contributed by atoms with Crippen molar-refractivity contribution in [2.45, 2.75) is 6.54 Å². The van der Waals surface area contributed by atoms with Gasteiger partial charge in [0.15, 0.2) is 7.05 Å². The Bertz CT molecular complexity index is 395. The summed E-state index contributed by atoms with van der Waals surface area (Å²) in [6.45, 7) is 5.95. The van der Waals surface area contributed by atoms with E-state index in [0.717, 1.165) is 39.4 Å². The van der Waals surface area contributed by atoms with Crippen LogP contribution in [0.2, 0.25) is 0 Å². The van der Waals surface area contributed by atoms with Crippen molar-refractivity contribution in [3.8, 4) is 0 Å². The number of aromatic nitrogens is 2. The molecule has 0 aliphatic carbocycles. The van der Waals surface area contributed by atoms with Crippen LogP contribution < -0.4 is 15.6 Å². The Labute approximate surface area is 99.3 Å². The van der Waals surface area contributed by atoms with E-state index < -0.39 is 0 Å². The molecule has 2 N–H and O–H groups in total. The lowest BCUT2D eigenvalue weighted by Gasteiger charge is -2.26. The molecule has 0 atom stereocenters. The van der Waals surface area contributed by atoms with Gasteiger partial charge in [0.1, 0.15) is 0 Å². The standard InChI is InChI=1S/C10H18N4O3/c1-13-9(10(15)17-12-13)8-11-2-3-14-4-6-16-7-5-14/h11H,2-8H2,1H3/p+1. The first-order valence-electron chi connectivity index (χ1n) is 5.84. The van der Waals surface area contributed by atoms with Gasteiger partial charge in [-0.2, -0.15) is 0 Å². The molecule has 1 aromatic heterocycles. The van der Waals surface area contributed by atoms with Crippen molar-refractivity contribution in [2.24, 2.45) is 7.05 Å². The summed E-state index contributed by atoms with van der Waals surface area (Å²) in [5.41, 5.74) is 0.290. The van der Waals surface area contributed by atoms with E-state index in [1.54, 1.807) is 11.7 Å². The van der Waals surface area contributed by atoms with Crippen LogP contribution in [0.25, 0.3) is 0 Å².